The molecule has 2 N–H and O–H groups in total. The summed E-state index contributed by atoms with van der Waals surface area (Å²) in [5.74, 6) is -1.32. The fourth-order valence-corrected chi connectivity index (χ4v) is 3.65. The number of rotatable bonds is 8. The number of benzene rings is 1. The van der Waals surface area contributed by atoms with Crippen LogP contribution in [-0.2, 0) is 9.53 Å². The van der Waals surface area contributed by atoms with Gasteiger partial charge in [-0.1, -0.05) is 26.0 Å². The predicted molar refractivity (Wildman–Crippen MR) is 107 cm³/mol. The molecule has 0 aromatic heterocycles. The first-order chi connectivity index (χ1) is 14.6. The van der Waals surface area contributed by atoms with Crippen LogP contribution >= 0.6 is 0 Å². The Kier molecular flexibility index (Phi) is 8.42. The number of halogens is 3. The third kappa shape index (κ3) is 6.42. The van der Waals surface area contributed by atoms with Gasteiger partial charge in [-0.15, -0.1) is 0 Å². The Bertz CT molecular complexity index is 800. The zero-order valence-electron chi connectivity index (χ0n) is 17.6. The van der Waals surface area contributed by atoms with Crippen LogP contribution in [0.5, 0.6) is 0 Å². The molecule has 31 heavy (non-hydrogen) atoms. The lowest BCUT2D eigenvalue weighted by atomic mass is 9.96. The number of amides is 2. The van der Waals surface area contributed by atoms with Crippen molar-refractivity contribution in [1.82, 2.24) is 9.80 Å². The van der Waals surface area contributed by atoms with Crippen LogP contribution < -0.4 is 5.73 Å². The van der Waals surface area contributed by atoms with E-state index in [9.17, 15) is 22.8 Å². The number of morpholine rings is 1. The van der Waals surface area contributed by atoms with Crippen molar-refractivity contribution in [3.63, 3.8) is 0 Å². The molecule has 0 aliphatic carbocycles. The lowest BCUT2D eigenvalue weighted by Gasteiger charge is -2.37. The number of hydrogen-bond donors (Lipinski definition) is 1. The molecule has 2 rings (SSSR count). The van der Waals surface area contributed by atoms with E-state index in [1.165, 1.54) is 24.3 Å². The number of ether oxygens (including phenoxy) is 1. The normalized spacial score (nSPS) is 16.8. The Labute approximate surface area is 179 Å². The van der Waals surface area contributed by atoms with Crippen LogP contribution in [0.2, 0.25) is 0 Å². The molecule has 0 saturated carbocycles. The van der Waals surface area contributed by atoms with Crippen LogP contribution in [0, 0.1) is 17.2 Å². The highest BCUT2D eigenvalue weighted by molar-refractivity contribution is 5.94. The molecule has 1 aromatic rings. The molecule has 170 valence electrons. The minimum absolute atomic E-state index is 0.0805. The van der Waals surface area contributed by atoms with Gasteiger partial charge >= 0.3 is 6.18 Å². The molecular weight excluding hydrogens is 413 g/mol. The maximum Gasteiger partial charge on any atom is 0.408 e. The lowest BCUT2D eigenvalue weighted by Crippen LogP contribution is -2.51. The summed E-state index contributed by atoms with van der Waals surface area (Å²) in [6.07, 6.45) is -4.69. The summed E-state index contributed by atoms with van der Waals surface area (Å²) in [5, 5.41) is 9.15. The maximum atomic E-state index is 14.1. The van der Waals surface area contributed by atoms with Gasteiger partial charge in [-0.25, -0.2) is 0 Å². The predicted octanol–water partition coefficient (Wildman–Crippen LogP) is 2.49. The average Bonchev–Trinajstić information content (AvgIpc) is 2.71. The second-order valence-corrected chi connectivity index (χ2v) is 7.85. The number of carbonyl (C=O) groups is 2. The highest BCUT2D eigenvalue weighted by Gasteiger charge is 2.48. The van der Waals surface area contributed by atoms with Gasteiger partial charge in [-0.05, 0) is 30.0 Å². The molecule has 1 saturated heterocycles. The highest BCUT2D eigenvalue weighted by Crippen LogP contribution is 2.39. The second-order valence-electron chi connectivity index (χ2n) is 7.85. The van der Waals surface area contributed by atoms with E-state index < -0.39 is 30.7 Å². The standard InChI is InChI=1S/C21H27F3N4O3/c1-14(2)13-17(19(26)29)28(8-7-25)18(21(22,23)24)15-3-5-16(6-4-15)20(30)27-9-11-31-12-10-27/h3-6,14,17-18H,8-13H2,1-2H3,(H2,26,29)/t17-,18-/m0/s1. The van der Waals surface area contributed by atoms with Crippen LogP contribution in [0.1, 0.15) is 42.2 Å². The van der Waals surface area contributed by atoms with E-state index in [1.54, 1.807) is 24.8 Å². The topological polar surface area (TPSA) is 99.7 Å². The van der Waals surface area contributed by atoms with Crippen molar-refractivity contribution >= 4 is 11.8 Å². The van der Waals surface area contributed by atoms with E-state index in [4.69, 9.17) is 15.7 Å². The number of nitriles is 1. The molecule has 0 unspecified atom stereocenters. The second kappa shape index (κ2) is 10.6. The smallest absolute Gasteiger partial charge is 0.378 e. The molecule has 1 aliphatic rings. The quantitative estimate of drug-likeness (QED) is 0.626. The fraction of sp³-hybridized carbons (Fsp3) is 0.571. The molecule has 10 heteroatoms. The summed E-state index contributed by atoms with van der Waals surface area (Å²) in [7, 11) is 0. The third-order valence-corrected chi connectivity index (χ3v) is 5.09. The molecule has 0 radical (unpaired) electrons. The largest absolute Gasteiger partial charge is 0.408 e. The lowest BCUT2D eigenvalue weighted by molar-refractivity contribution is -0.192. The van der Waals surface area contributed by atoms with Gasteiger partial charge in [0.25, 0.3) is 5.91 Å². The Hall–Kier alpha value is -2.64. The van der Waals surface area contributed by atoms with Crippen molar-refractivity contribution in [2.45, 2.75) is 38.5 Å². The first-order valence-corrected chi connectivity index (χ1v) is 10.0. The fourth-order valence-electron chi connectivity index (χ4n) is 3.65. The van der Waals surface area contributed by atoms with Crippen LogP contribution in [0.15, 0.2) is 24.3 Å². The monoisotopic (exact) mass is 440 g/mol. The molecule has 7 nitrogen and oxygen atoms in total. The van der Waals surface area contributed by atoms with Gasteiger partial charge in [0.2, 0.25) is 5.91 Å². The van der Waals surface area contributed by atoms with E-state index in [2.05, 4.69) is 0 Å². The SMILES string of the molecule is CC(C)C[C@@H](C(N)=O)N(CC#N)[C@@H](c1ccc(C(=O)N2CCOCC2)cc1)C(F)(F)F. The number of hydrogen-bond acceptors (Lipinski definition) is 5. The van der Waals surface area contributed by atoms with E-state index in [-0.39, 0.29) is 29.4 Å². The molecular formula is C21H27F3N4O3. The van der Waals surface area contributed by atoms with Crippen molar-refractivity contribution in [3.05, 3.63) is 35.4 Å². The number of primary amides is 1. The van der Waals surface area contributed by atoms with E-state index in [0.29, 0.717) is 26.3 Å². The summed E-state index contributed by atoms with van der Waals surface area (Å²) in [5.41, 5.74) is 5.49. The minimum atomic E-state index is -4.77. The van der Waals surface area contributed by atoms with Gasteiger partial charge in [0.1, 0.15) is 6.04 Å². The molecule has 0 spiro atoms. The highest BCUT2D eigenvalue weighted by atomic mass is 19.4. The van der Waals surface area contributed by atoms with E-state index >= 15 is 0 Å². The summed E-state index contributed by atoms with van der Waals surface area (Å²) in [6.45, 7) is 4.54. The van der Waals surface area contributed by atoms with Crippen molar-refractivity contribution < 1.29 is 27.5 Å². The number of alkyl halides is 3. The summed E-state index contributed by atoms with van der Waals surface area (Å²) in [4.78, 5) is 26.9. The number of carbonyl (C=O) groups excluding carboxylic acids is 2. The van der Waals surface area contributed by atoms with Gasteiger partial charge < -0.3 is 15.4 Å². The Morgan fingerprint density at radius 2 is 1.81 bits per heavy atom. The Morgan fingerprint density at radius 1 is 1.23 bits per heavy atom. The van der Waals surface area contributed by atoms with Gasteiger partial charge in [0.15, 0.2) is 0 Å². The van der Waals surface area contributed by atoms with E-state index in [1.807, 2.05) is 0 Å². The Morgan fingerprint density at radius 3 is 2.26 bits per heavy atom. The summed E-state index contributed by atoms with van der Waals surface area (Å²) in [6, 6.07) is 3.33. The molecule has 1 fully saturated rings. The molecule has 2 atom stereocenters. The van der Waals surface area contributed by atoms with Crippen LogP contribution in [0.25, 0.3) is 0 Å². The average molecular weight is 440 g/mol. The maximum absolute atomic E-state index is 14.1. The van der Waals surface area contributed by atoms with Crippen molar-refractivity contribution in [1.29, 1.82) is 5.26 Å². The van der Waals surface area contributed by atoms with Gasteiger partial charge in [0, 0.05) is 18.7 Å². The van der Waals surface area contributed by atoms with Crippen LogP contribution in [0.4, 0.5) is 13.2 Å². The first-order valence-electron chi connectivity index (χ1n) is 10.0. The van der Waals surface area contributed by atoms with Crippen molar-refractivity contribution in [3.8, 4) is 6.07 Å². The van der Waals surface area contributed by atoms with Crippen molar-refractivity contribution in [2.75, 3.05) is 32.8 Å². The van der Waals surface area contributed by atoms with Gasteiger partial charge in [0.05, 0.1) is 31.9 Å². The van der Waals surface area contributed by atoms with Gasteiger partial charge in [-0.2, -0.15) is 18.4 Å². The number of nitrogens with zero attached hydrogens (tertiary/aromatic N) is 3. The molecule has 0 bridgehead atoms. The molecule has 2 amide bonds. The first kappa shape index (κ1) is 24.6. The van der Waals surface area contributed by atoms with Gasteiger partial charge in [-0.3, -0.25) is 14.5 Å². The van der Waals surface area contributed by atoms with Crippen molar-refractivity contribution in [2.24, 2.45) is 11.7 Å². The zero-order valence-corrected chi connectivity index (χ0v) is 17.6. The third-order valence-electron chi connectivity index (χ3n) is 5.09. The molecule has 1 aliphatic heterocycles. The molecule has 1 aromatic carbocycles. The Balaban J connectivity index is 2.38. The summed E-state index contributed by atoms with van der Waals surface area (Å²) >= 11 is 0. The van der Waals surface area contributed by atoms with Crippen LogP contribution in [0.3, 0.4) is 0 Å². The number of nitrogens with two attached hydrogens (primary N) is 1. The van der Waals surface area contributed by atoms with Crippen LogP contribution in [-0.4, -0.2) is 66.7 Å². The molecule has 1 heterocycles. The summed E-state index contributed by atoms with van der Waals surface area (Å²) < 4.78 is 47.5. The zero-order chi connectivity index (χ0) is 23.2. The van der Waals surface area contributed by atoms with E-state index in [0.717, 1.165) is 4.90 Å². The minimum Gasteiger partial charge on any atom is -0.378 e.